The van der Waals surface area contributed by atoms with Crippen LogP contribution in [0.25, 0.3) is 0 Å². The second-order valence-corrected chi connectivity index (χ2v) is 21.4. The van der Waals surface area contributed by atoms with Crippen molar-refractivity contribution in [2.45, 2.75) is 68.7 Å². The predicted molar refractivity (Wildman–Crippen MR) is 193 cm³/mol. The molecule has 18 heteroatoms. The topological polar surface area (TPSA) is 166 Å². The number of nitrogens with one attached hydrogen (secondary N) is 2. The fourth-order valence-corrected chi connectivity index (χ4v) is 20.5. The summed E-state index contributed by atoms with van der Waals surface area (Å²) in [5, 5.41) is 44.7. The van der Waals surface area contributed by atoms with Crippen molar-refractivity contribution in [2.24, 2.45) is 5.92 Å². The highest BCUT2D eigenvalue weighted by molar-refractivity contribution is 9.10. The average molecular weight is 773 g/mol. The Morgan fingerprint density at radius 3 is 1.74 bits per heavy atom. The van der Waals surface area contributed by atoms with E-state index in [1.165, 1.54) is 47.3 Å². The molecule has 0 radical (unpaired) electrons. The molecule has 10 aliphatic heterocycles. The van der Waals surface area contributed by atoms with E-state index in [2.05, 4.69) is 10.6 Å². The minimum absolute atomic E-state index is 0.317. The van der Waals surface area contributed by atoms with Crippen molar-refractivity contribution in [2.75, 3.05) is 31.3 Å². The Bertz CT molecular complexity index is 2000. The summed E-state index contributed by atoms with van der Waals surface area (Å²) in [6.07, 6.45) is -5.59. The van der Waals surface area contributed by atoms with Gasteiger partial charge in [-0.2, -0.15) is 0 Å². The zero-order valence-corrected chi connectivity index (χ0v) is 31.1. The maximum absolute atomic E-state index is 15.3. The van der Waals surface area contributed by atoms with Crippen LogP contribution >= 0.6 is 53.0 Å². The van der Waals surface area contributed by atoms with Crippen LogP contribution in [-0.2, 0) is 30.0 Å². The normalized spacial score (nSPS) is 44.6. The molecule has 13 nitrogen and oxygen atoms in total. The number of likely N-dealkylation sites (N-methyl/N-ethyl adjacent to an activating group) is 2. The Hall–Kier alpha value is -2.45. The average Bonchev–Trinajstić information content (AvgIpc) is 3.70. The van der Waals surface area contributed by atoms with Crippen molar-refractivity contribution < 1.29 is 34.5 Å². The van der Waals surface area contributed by atoms with Gasteiger partial charge in [-0.3, -0.25) is 29.0 Å². The number of nitrogens with zero attached hydrogens (tertiary/aromatic N) is 4. The van der Waals surface area contributed by atoms with Gasteiger partial charge >= 0.3 is 0 Å². The van der Waals surface area contributed by atoms with Crippen LogP contribution in [0.2, 0.25) is 0 Å². The third-order valence-electron chi connectivity index (χ3n) is 12.7. The van der Waals surface area contributed by atoms with Crippen LogP contribution in [0.3, 0.4) is 0 Å². The van der Waals surface area contributed by atoms with Crippen molar-refractivity contribution in [1.29, 1.82) is 0 Å². The van der Waals surface area contributed by atoms with Crippen LogP contribution in [0.15, 0.2) is 48.5 Å². The van der Waals surface area contributed by atoms with E-state index < -0.39 is 79.2 Å². The quantitative estimate of drug-likeness (QED) is 0.286. The number of piperazine rings is 2. The Labute approximate surface area is 306 Å². The predicted octanol–water partition coefficient (Wildman–Crippen LogP) is 1.59. The number of hydrogen-bond donors (Lipinski definition) is 5. The molecule has 2 aromatic carbocycles. The van der Waals surface area contributed by atoms with E-state index in [0.29, 0.717) is 22.5 Å². The first-order valence-corrected chi connectivity index (χ1v) is 21.8. The van der Waals surface area contributed by atoms with E-state index in [1.807, 2.05) is 56.3 Å². The zero-order chi connectivity index (χ0) is 35.1. The van der Waals surface area contributed by atoms with Gasteiger partial charge in [0.25, 0.3) is 23.6 Å². The second-order valence-electron chi connectivity index (χ2n) is 14.4. The number of rotatable bonds is 3. The number of anilines is 2. The van der Waals surface area contributed by atoms with Crippen LogP contribution in [-0.4, -0.2) is 123 Å². The fourth-order valence-electron chi connectivity index (χ4n) is 10.5. The molecule has 50 heavy (non-hydrogen) atoms. The van der Waals surface area contributed by atoms with Crippen LogP contribution in [0.4, 0.5) is 11.4 Å². The first-order valence-electron chi connectivity index (χ1n) is 16.2. The number of carbonyl (C=O) groups is 4. The highest BCUT2D eigenvalue weighted by Crippen LogP contribution is 2.78. The standard InChI is InChI=1S/C32H32N6O7S5/c1-14(2)30-26(45)38-22-29(16-10-6-8-12-18(16)34-22,20(41)32(38,49-50-48-30)25(44)36(30)4)28-15-9-5-7-11-17(15)33-21(28)37-23(42)27(13-39)35(3)24(43)31(37,19(28)40)47-46-27/h5-12,14,19-22,33-34,39-41H,13H2,1-4H3/t19-,20-,21-,22+,27?,28?,29?,30?,31-,32-/m0/s1. The van der Waals surface area contributed by atoms with Crippen molar-refractivity contribution in [1.82, 2.24) is 19.6 Å². The maximum Gasteiger partial charge on any atom is 0.265 e. The summed E-state index contributed by atoms with van der Waals surface area (Å²) in [6, 6.07) is 14.6. The summed E-state index contributed by atoms with van der Waals surface area (Å²) < 4.78 is 0. The first kappa shape index (κ1) is 32.2. The molecule has 2 aromatic rings. The Kier molecular flexibility index (Phi) is 6.16. The van der Waals surface area contributed by atoms with Crippen molar-refractivity contribution >= 4 is 88.0 Å². The molecule has 4 unspecified atom stereocenters. The Morgan fingerprint density at radius 1 is 0.700 bits per heavy atom. The molecule has 10 aliphatic rings. The smallest absolute Gasteiger partial charge is 0.265 e. The number of amides is 4. The summed E-state index contributed by atoms with van der Waals surface area (Å²) in [6.45, 7) is 3.14. The Balaban J connectivity index is 1.34. The molecule has 262 valence electrons. The zero-order valence-electron chi connectivity index (χ0n) is 27.0. The summed E-state index contributed by atoms with van der Waals surface area (Å²) in [7, 11) is 8.86. The van der Waals surface area contributed by atoms with Gasteiger partial charge in [-0.25, -0.2) is 0 Å². The number of benzene rings is 2. The van der Waals surface area contributed by atoms with Gasteiger partial charge in [-0.05, 0) is 82.2 Å². The number of aliphatic hydroxyl groups is 3. The van der Waals surface area contributed by atoms with Crippen LogP contribution in [0, 0.1) is 5.92 Å². The van der Waals surface area contributed by atoms with E-state index >= 15 is 9.59 Å². The molecule has 0 aromatic heterocycles. The molecule has 4 amide bonds. The lowest BCUT2D eigenvalue weighted by atomic mass is 9.52. The van der Waals surface area contributed by atoms with E-state index in [0.717, 1.165) is 32.4 Å². The third-order valence-corrected chi connectivity index (χ3v) is 21.6. The molecule has 10 heterocycles. The molecule has 12 rings (SSSR count). The Morgan fingerprint density at radius 2 is 1.20 bits per heavy atom. The molecule has 0 saturated carbocycles. The highest BCUT2D eigenvalue weighted by Gasteiger charge is 2.92. The molecule has 8 fully saturated rings. The minimum atomic E-state index is -1.88. The molecular formula is C32H32N6O7S5. The summed E-state index contributed by atoms with van der Waals surface area (Å²) in [5.74, 6) is -2.23. The summed E-state index contributed by atoms with van der Waals surface area (Å²) in [4.78, 5) is 58.8. The van der Waals surface area contributed by atoms with Gasteiger partial charge in [0, 0.05) is 25.5 Å². The summed E-state index contributed by atoms with van der Waals surface area (Å²) >= 11 is 0. The SMILES string of the molecule is CC(C)C12SSS[C@]3(C(=O)N1C)[C@@H](O)C1(C45c6ccccc6N[C@H]4N4C(=O)C6(CO)SS[C@]4(C(=O)N6C)[C@H]5O)c4ccccc4N[C@@H]1N3C2=O. The summed E-state index contributed by atoms with van der Waals surface area (Å²) in [5.41, 5.74) is -1.17. The van der Waals surface area contributed by atoms with Crippen molar-refractivity contribution in [3.05, 3.63) is 59.7 Å². The lowest BCUT2D eigenvalue weighted by molar-refractivity contribution is -0.169. The molecule has 8 saturated heterocycles. The lowest BCUT2D eigenvalue weighted by Crippen LogP contribution is -2.79. The minimum Gasteiger partial charge on any atom is -0.392 e. The van der Waals surface area contributed by atoms with Gasteiger partial charge in [0.05, 0.1) is 17.4 Å². The van der Waals surface area contributed by atoms with Crippen molar-refractivity contribution in [3.63, 3.8) is 0 Å². The maximum atomic E-state index is 15.3. The van der Waals surface area contributed by atoms with E-state index in [9.17, 15) is 24.9 Å². The molecule has 0 aliphatic carbocycles. The van der Waals surface area contributed by atoms with Crippen LogP contribution < -0.4 is 10.6 Å². The van der Waals surface area contributed by atoms with Crippen molar-refractivity contribution in [3.8, 4) is 0 Å². The first-order chi connectivity index (χ1) is 23.8. The molecular weight excluding hydrogens is 741 g/mol. The number of aliphatic hydroxyl groups excluding tert-OH is 3. The van der Waals surface area contributed by atoms with Crippen LogP contribution in [0.1, 0.15) is 25.0 Å². The second kappa shape index (κ2) is 9.55. The van der Waals surface area contributed by atoms with Gasteiger partial charge in [0.15, 0.2) is 4.87 Å². The largest absolute Gasteiger partial charge is 0.392 e. The molecule has 5 N–H and O–H groups in total. The molecule has 2 spiro atoms. The number of fused-ring (bicyclic) bond motifs is 12. The van der Waals surface area contributed by atoms with E-state index in [4.69, 9.17) is 0 Å². The lowest BCUT2D eigenvalue weighted by Gasteiger charge is -2.58. The van der Waals surface area contributed by atoms with Crippen LogP contribution in [0.5, 0.6) is 0 Å². The monoisotopic (exact) mass is 772 g/mol. The number of para-hydroxylation sites is 2. The number of hydrogen-bond acceptors (Lipinski definition) is 14. The highest BCUT2D eigenvalue weighted by atomic mass is 33.5. The van der Waals surface area contributed by atoms with E-state index in [-0.39, 0.29) is 11.8 Å². The van der Waals surface area contributed by atoms with Gasteiger partial charge in [0.2, 0.25) is 14.6 Å². The number of carbonyl (C=O) groups excluding carboxylic acids is 4. The van der Waals surface area contributed by atoms with Gasteiger partial charge < -0.3 is 35.8 Å². The van der Waals surface area contributed by atoms with E-state index in [1.54, 1.807) is 13.1 Å². The molecule has 10 atom stereocenters. The van der Waals surface area contributed by atoms with Gasteiger partial charge in [-0.1, -0.05) is 50.2 Å². The van der Waals surface area contributed by atoms with Gasteiger partial charge in [0.1, 0.15) is 24.5 Å². The third kappa shape index (κ3) is 2.77. The van der Waals surface area contributed by atoms with Gasteiger partial charge in [-0.15, -0.1) is 0 Å². The molecule has 4 bridgehead atoms. The fraction of sp³-hybridized carbons (Fsp3) is 0.500.